The van der Waals surface area contributed by atoms with Crippen molar-refractivity contribution in [2.75, 3.05) is 0 Å². The molecule has 0 unspecified atom stereocenters. The van der Waals surface area contributed by atoms with E-state index in [4.69, 9.17) is 0 Å². The molecule has 3 aliphatic rings. The van der Waals surface area contributed by atoms with Crippen LogP contribution < -0.4 is 0 Å². The molecule has 3 rings (SSSR count). The van der Waals surface area contributed by atoms with Gasteiger partial charge in [-0.1, -0.05) is 49.9 Å². The number of hydrogen-bond donors (Lipinski definition) is 0. The normalized spacial score (nSPS) is 35.8. The lowest BCUT2D eigenvalue weighted by atomic mass is 9.32. The van der Waals surface area contributed by atoms with Gasteiger partial charge < -0.3 is 0 Å². The minimum atomic E-state index is 0.532. The molecular formula is C13H21B. The van der Waals surface area contributed by atoms with Gasteiger partial charge in [-0.2, -0.15) is 0 Å². The first-order chi connectivity index (χ1) is 6.55. The average Bonchev–Trinajstić information content (AvgIpc) is 2.74. The molecule has 2 atom stereocenters. The maximum atomic E-state index is 2.42. The quantitative estimate of drug-likeness (QED) is 0.397. The number of allylic oxidation sites excluding steroid dienone is 2. The minimum Gasteiger partial charge on any atom is -0.0754 e. The standard InChI is InChI=1S/C13H21B/c1-13(2,3)14-7-11-9-4-5-10(6-9)12(11)8-14/h9-10H,4-8H2,1-3H3/t9-,10+. The fourth-order valence-corrected chi connectivity index (χ4v) is 3.95. The van der Waals surface area contributed by atoms with Gasteiger partial charge in [-0.25, -0.2) is 0 Å². The maximum Gasteiger partial charge on any atom is 0.153 e. The summed E-state index contributed by atoms with van der Waals surface area (Å²) in [6, 6.07) is 0. The van der Waals surface area contributed by atoms with Crippen molar-refractivity contribution in [3.05, 3.63) is 11.1 Å². The van der Waals surface area contributed by atoms with Crippen LogP contribution in [0.4, 0.5) is 0 Å². The van der Waals surface area contributed by atoms with Crippen molar-refractivity contribution in [3.63, 3.8) is 0 Å². The van der Waals surface area contributed by atoms with E-state index in [9.17, 15) is 0 Å². The first kappa shape index (κ1) is 9.06. The lowest BCUT2D eigenvalue weighted by Crippen LogP contribution is -2.23. The first-order valence-electron chi connectivity index (χ1n) is 6.27. The second kappa shape index (κ2) is 2.68. The third-order valence-electron chi connectivity index (χ3n) is 4.99. The molecule has 14 heavy (non-hydrogen) atoms. The van der Waals surface area contributed by atoms with E-state index in [1.807, 2.05) is 11.1 Å². The van der Waals surface area contributed by atoms with Gasteiger partial charge in [0.05, 0.1) is 0 Å². The van der Waals surface area contributed by atoms with Crippen LogP contribution in [0.15, 0.2) is 11.1 Å². The SMILES string of the molecule is CC(C)(C)B1CC2=C(C1)[C@H]1CC[C@@H]2C1. The highest BCUT2D eigenvalue weighted by atomic mass is 14.4. The minimum absolute atomic E-state index is 0.532. The predicted molar refractivity (Wildman–Crippen MR) is 62.9 cm³/mol. The molecule has 0 spiro atoms. The largest absolute Gasteiger partial charge is 0.153 e. The van der Waals surface area contributed by atoms with Crippen LogP contribution in [0.1, 0.15) is 40.0 Å². The molecule has 0 saturated heterocycles. The van der Waals surface area contributed by atoms with Crippen LogP contribution in [0.5, 0.6) is 0 Å². The molecule has 0 amide bonds. The molecule has 1 heterocycles. The molecule has 0 radical (unpaired) electrons. The van der Waals surface area contributed by atoms with Gasteiger partial charge in [0.1, 0.15) is 0 Å². The fraction of sp³-hybridized carbons (Fsp3) is 0.846. The van der Waals surface area contributed by atoms with Crippen LogP contribution in [0, 0.1) is 11.8 Å². The highest BCUT2D eigenvalue weighted by Crippen LogP contribution is 2.57. The smallest absolute Gasteiger partial charge is 0.0754 e. The van der Waals surface area contributed by atoms with Crippen LogP contribution in [-0.4, -0.2) is 6.71 Å². The van der Waals surface area contributed by atoms with E-state index < -0.39 is 0 Å². The number of fused-ring (bicyclic) bond motifs is 4. The number of rotatable bonds is 0. The summed E-state index contributed by atoms with van der Waals surface area (Å²) in [6.45, 7) is 8.21. The van der Waals surface area contributed by atoms with Crippen LogP contribution in [0.3, 0.4) is 0 Å². The fourth-order valence-electron chi connectivity index (χ4n) is 3.95. The van der Waals surface area contributed by atoms with E-state index in [1.54, 1.807) is 0 Å². The highest BCUT2D eigenvalue weighted by molar-refractivity contribution is 6.64. The lowest BCUT2D eigenvalue weighted by Gasteiger charge is -2.25. The average molecular weight is 188 g/mol. The van der Waals surface area contributed by atoms with Crippen molar-refractivity contribution in [1.29, 1.82) is 0 Å². The van der Waals surface area contributed by atoms with Crippen molar-refractivity contribution < 1.29 is 0 Å². The summed E-state index contributed by atoms with van der Waals surface area (Å²) >= 11 is 0. The number of hydrogen-bond acceptors (Lipinski definition) is 0. The summed E-state index contributed by atoms with van der Waals surface area (Å²) in [5, 5.41) is 0.532. The van der Waals surface area contributed by atoms with Crippen molar-refractivity contribution in [2.45, 2.75) is 58.0 Å². The predicted octanol–water partition coefficient (Wildman–Crippen LogP) is 4.02. The van der Waals surface area contributed by atoms with Crippen LogP contribution in [0.25, 0.3) is 0 Å². The van der Waals surface area contributed by atoms with Crippen molar-refractivity contribution in [1.82, 2.24) is 0 Å². The second-order valence-corrected chi connectivity index (χ2v) is 6.73. The van der Waals surface area contributed by atoms with Crippen molar-refractivity contribution >= 4 is 6.71 Å². The molecule has 0 N–H and O–H groups in total. The molecule has 0 nitrogen and oxygen atoms in total. The molecule has 0 aromatic heterocycles. The zero-order chi connectivity index (χ0) is 9.92. The Morgan fingerprint density at radius 3 is 1.93 bits per heavy atom. The Morgan fingerprint density at radius 2 is 1.50 bits per heavy atom. The lowest BCUT2D eigenvalue weighted by molar-refractivity contribution is 0.650. The van der Waals surface area contributed by atoms with Crippen LogP contribution in [-0.2, 0) is 0 Å². The monoisotopic (exact) mass is 188 g/mol. The summed E-state index contributed by atoms with van der Waals surface area (Å²) in [7, 11) is 0. The van der Waals surface area contributed by atoms with E-state index >= 15 is 0 Å². The molecule has 2 bridgehead atoms. The molecule has 0 aromatic carbocycles. The molecule has 1 fully saturated rings. The molecule has 76 valence electrons. The van der Waals surface area contributed by atoms with Crippen molar-refractivity contribution in [2.24, 2.45) is 11.8 Å². The Kier molecular flexibility index (Phi) is 1.73. The van der Waals surface area contributed by atoms with E-state index in [2.05, 4.69) is 20.8 Å². The third kappa shape index (κ3) is 1.14. The van der Waals surface area contributed by atoms with Gasteiger partial charge in [0.25, 0.3) is 0 Å². The molecule has 1 aliphatic heterocycles. The summed E-state index contributed by atoms with van der Waals surface area (Å²) in [5.74, 6) is 2.06. The first-order valence-corrected chi connectivity index (χ1v) is 6.27. The van der Waals surface area contributed by atoms with Gasteiger partial charge in [0.2, 0.25) is 0 Å². The van der Waals surface area contributed by atoms with Gasteiger partial charge >= 0.3 is 0 Å². The molecular weight excluding hydrogens is 167 g/mol. The molecule has 2 aliphatic carbocycles. The molecule has 0 aromatic rings. The summed E-state index contributed by atoms with van der Waals surface area (Å²) in [5.41, 5.74) is 3.84. The topological polar surface area (TPSA) is 0 Å². The second-order valence-electron chi connectivity index (χ2n) is 6.73. The van der Waals surface area contributed by atoms with E-state index in [0.29, 0.717) is 5.31 Å². The van der Waals surface area contributed by atoms with Crippen molar-refractivity contribution in [3.8, 4) is 0 Å². The summed E-state index contributed by atoms with van der Waals surface area (Å²) in [4.78, 5) is 0. The van der Waals surface area contributed by atoms with E-state index in [-0.39, 0.29) is 0 Å². The third-order valence-corrected chi connectivity index (χ3v) is 4.99. The summed E-state index contributed by atoms with van der Waals surface area (Å²) in [6.07, 6.45) is 7.45. The van der Waals surface area contributed by atoms with Gasteiger partial charge in [-0.15, -0.1) is 0 Å². The van der Waals surface area contributed by atoms with E-state index in [0.717, 1.165) is 18.5 Å². The van der Waals surface area contributed by atoms with Gasteiger partial charge in [0, 0.05) is 0 Å². The zero-order valence-corrected chi connectivity index (χ0v) is 9.77. The van der Waals surface area contributed by atoms with Crippen LogP contribution >= 0.6 is 0 Å². The Labute approximate surface area is 88.2 Å². The Bertz CT molecular complexity index is 273. The van der Waals surface area contributed by atoms with Gasteiger partial charge in [0.15, 0.2) is 6.71 Å². The van der Waals surface area contributed by atoms with Gasteiger partial charge in [-0.3, -0.25) is 0 Å². The molecule has 1 saturated carbocycles. The maximum absolute atomic E-state index is 2.42. The van der Waals surface area contributed by atoms with Gasteiger partial charge in [-0.05, 0) is 31.1 Å². The van der Waals surface area contributed by atoms with E-state index in [1.165, 1.54) is 31.9 Å². The summed E-state index contributed by atoms with van der Waals surface area (Å²) < 4.78 is 0. The Balaban J connectivity index is 1.82. The zero-order valence-electron chi connectivity index (χ0n) is 9.77. The van der Waals surface area contributed by atoms with Crippen LogP contribution in [0.2, 0.25) is 18.0 Å². The highest BCUT2D eigenvalue weighted by Gasteiger charge is 2.46. The Hall–Kier alpha value is -0.195. The Morgan fingerprint density at radius 1 is 1.00 bits per heavy atom. The molecule has 1 heteroatoms.